The van der Waals surface area contributed by atoms with Crippen molar-refractivity contribution < 1.29 is 22.7 Å². The van der Waals surface area contributed by atoms with Crippen molar-refractivity contribution in [3.05, 3.63) is 89.2 Å². The van der Waals surface area contributed by atoms with Crippen LogP contribution in [-0.4, -0.2) is 50.7 Å². The summed E-state index contributed by atoms with van der Waals surface area (Å²) in [6.45, 7) is 7.13. The molecule has 2 fully saturated rings. The van der Waals surface area contributed by atoms with Crippen molar-refractivity contribution in [3.63, 3.8) is 0 Å². The second kappa shape index (κ2) is 12.6. The summed E-state index contributed by atoms with van der Waals surface area (Å²) in [6.07, 6.45) is -0.542. The molecule has 1 saturated heterocycles. The normalized spacial score (nSPS) is 19.3. The molecule has 0 radical (unpaired) electrons. The van der Waals surface area contributed by atoms with E-state index in [9.17, 15) is 18.0 Å². The van der Waals surface area contributed by atoms with E-state index in [2.05, 4.69) is 75.1 Å². The molecule has 1 aliphatic heterocycles. The summed E-state index contributed by atoms with van der Waals surface area (Å²) in [6, 6.07) is 17.6. The minimum atomic E-state index is -4.74. The smallest absolute Gasteiger partial charge is 0.406 e. The third kappa shape index (κ3) is 7.16. The number of nitrogens with one attached hydrogen (secondary N) is 1. The molecule has 2 heterocycles. The Morgan fingerprint density at radius 3 is 2.42 bits per heavy atom. The van der Waals surface area contributed by atoms with E-state index in [1.54, 1.807) is 11.8 Å². The molecule has 2 amide bonds. The highest BCUT2D eigenvalue weighted by molar-refractivity contribution is 8.14. The van der Waals surface area contributed by atoms with Gasteiger partial charge in [0.05, 0.1) is 5.69 Å². The Morgan fingerprint density at radius 2 is 1.73 bits per heavy atom. The van der Waals surface area contributed by atoms with Crippen LogP contribution in [0.5, 0.6) is 5.75 Å². The fourth-order valence-electron chi connectivity index (χ4n) is 6.23. The number of aliphatic imine (C=N–C) groups is 1. The number of thioether (sulfide) groups is 1. The fourth-order valence-corrected chi connectivity index (χ4v) is 7.18. The van der Waals surface area contributed by atoms with Crippen LogP contribution in [0.2, 0.25) is 0 Å². The number of carbonyl (C=O) groups is 1. The number of alkyl halides is 3. The highest BCUT2D eigenvalue weighted by atomic mass is 32.2. The maximum absolute atomic E-state index is 13.0. The largest absolute Gasteiger partial charge is 0.573 e. The zero-order chi connectivity index (χ0) is 31.7. The number of aromatic nitrogens is 3. The Hall–Kier alpha value is -4.32. The number of nitrogens with zero attached hydrogens (tertiary/aromatic N) is 5. The van der Waals surface area contributed by atoms with Crippen LogP contribution < -0.4 is 15.0 Å². The van der Waals surface area contributed by atoms with Crippen molar-refractivity contribution in [1.82, 2.24) is 20.1 Å². The maximum atomic E-state index is 13.0. The van der Waals surface area contributed by atoms with Gasteiger partial charge in [-0.05, 0) is 86.9 Å². The van der Waals surface area contributed by atoms with Crippen LogP contribution in [0, 0.1) is 20.8 Å². The Bertz CT molecular complexity index is 1700. The summed E-state index contributed by atoms with van der Waals surface area (Å²) in [4.78, 5) is 24.0. The molecule has 1 aromatic heterocycles. The van der Waals surface area contributed by atoms with E-state index in [4.69, 9.17) is 0 Å². The van der Waals surface area contributed by atoms with Gasteiger partial charge < -0.3 is 15.0 Å². The lowest BCUT2D eigenvalue weighted by Gasteiger charge is -2.23. The van der Waals surface area contributed by atoms with E-state index < -0.39 is 6.36 Å². The number of rotatable bonds is 6. The minimum absolute atomic E-state index is 0.0551. The first-order valence-corrected chi connectivity index (χ1v) is 15.8. The van der Waals surface area contributed by atoms with Crippen LogP contribution in [0.3, 0.4) is 0 Å². The first-order valence-electron chi connectivity index (χ1n) is 14.8. The van der Waals surface area contributed by atoms with Gasteiger partial charge in [-0.2, -0.15) is 4.99 Å². The number of aryl methyl sites for hydroxylation is 3. The Labute approximate surface area is 263 Å². The monoisotopic (exact) mass is 634 g/mol. The van der Waals surface area contributed by atoms with Gasteiger partial charge in [0.2, 0.25) is 0 Å². The molecule has 8 nitrogen and oxygen atoms in total. The summed E-state index contributed by atoms with van der Waals surface area (Å²) < 4.78 is 42.7. The first-order chi connectivity index (χ1) is 21.5. The van der Waals surface area contributed by atoms with Crippen LogP contribution in [0.4, 0.5) is 23.7 Å². The SMILES string of the molecule is Cc1cc(C)c(N2CCS/C2=N\C(=O)NC2CCC(c3ccc(-c4ncn(-c5ccc(OC(F)(F)F)cc5)n4)cc3)C2)c(C)c1. The quantitative estimate of drug-likeness (QED) is 0.234. The molecule has 12 heteroatoms. The molecular formula is C33H33F3N6O2S. The van der Waals surface area contributed by atoms with Crippen LogP contribution in [-0.2, 0) is 0 Å². The summed E-state index contributed by atoms with van der Waals surface area (Å²) in [5, 5.41) is 8.36. The summed E-state index contributed by atoms with van der Waals surface area (Å²) in [7, 11) is 0. The van der Waals surface area contributed by atoms with Gasteiger partial charge in [-0.15, -0.1) is 18.3 Å². The van der Waals surface area contributed by atoms with Crippen LogP contribution in [0.1, 0.15) is 47.4 Å². The number of benzene rings is 3. The van der Waals surface area contributed by atoms with E-state index in [1.807, 2.05) is 12.1 Å². The second-order valence-electron chi connectivity index (χ2n) is 11.5. The molecule has 6 rings (SSSR count). The third-order valence-corrected chi connectivity index (χ3v) is 9.06. The molecule has 0 bridgehead atoms. The van der Waals surface area contributed by atoms with E-state index in [-0.39, 0.29) is 17.8 Å². The molecule has 1 N–H and O–H groups in total. The van der Waals surface area contributed by atoms with Gasteiger partial charge in [0, 0.05) is 29.6 Å². The minimum Gasteiger partial charge on any atom is -0.406 e. The van der Waals surface area contributed by atoms with Crippen LogP contribution in [0.15, 0.2) is 72.0 Å². The molecule has 45 heavy (non-hydrogen) atoms. The fraction of sp³-hybridized carbons (Fsp3) is 0.333. The highest BCUT2D eigenvalue weighted by Gasteiger charge is 2.31. The number of halogens is 3. The van der Waals surface area contributed by atoms with E-state index in [0.29, 0.717) is 17.4 Å². The molecule has 2 unspecified atom stereocenters. The molecule has 2 atom stereocenters. The number of amides is 2. The number of carbonyl (C=O) groups excluding carboxylic acids is 1. The van der Waals surface area contributed by atoms with Gasteiger partial charge in [-0.3, -0.25) is 0 Å². The molecule has 2 aliphatic rings. The maximum Gasteiger partial charge on any atom is 0.573 e. The lowest BCUT2D eigenvalue weighted by atomic mass is 9.96. The van der Waals surface area contributed by atoms with Gasteiger partial charge in [0.1, 0.15) is 12.1 Å². The Morgan fingerprint density at radius 1 is 1.02 bits per heavy atom. The number of anilines is 1. The van der Waals surface area contributed by atoms with Crippen molar-refractivity contribution in [2.45, 2.75) is 58.4 Å². The van der Waals surface area contributed by atoms with Crippen molar-refractivity contribution in [3.8, 4) is 22.8 Å². The number of amidine groups is 1. The number of hydrogen-bond donors (Lipinski definition) is 1. The third-order valence-electron chi connectivity index (χ3n) is 8.11. The lowest BCUT2D eigenvalue weighted by Crippen LogP contribution is -2.33. The van der Waals surface area contributed by atoms with Gasteiger partial charge >= 0.3 is 12.4 Å². The molecular weight excluding hydrogens is 601 g/mol. The standard InChI is InChI=1S/C33H33F3N6O2S/c1-20-16-21(2)29(22(3)17-20)41-14-15-45-32(41)39-31(43)38-26-9-8-25(18-26)23-4-6-24(7-5-23)30-37-19-42(40-30)27-10-12-28(13-11-27)44-33(34,35)36/h4-7,10-13,16-17,19,25-26H,8-9,14-15,18H2,1-3H3,(H,38,43)/b39-32-. The van der Waals surface area contributed by atoms with Crippen molar-refractivity contribution in [2.75, 3.05) is 17.2 Å². The predicted molar refractivity (Wildman–Crippen MR) is 170 cm³/mol. The molecule has 1 saturated carbocycles. The van der Waals surface area contributed by atoms with Gasteiger partial charge in [0.25, 0.3) is 0 Å². The highest BCUT2D eigenvalue weighted by Crippen LogP contribution is 2.36. The summed E-state index contributed by atoms with van der Waals surface area (Å²) >= 11 is 1.61. The Balaban J connectivity index is 1.05. The second-order valence-corrected chi connectivity index (χ2v) is 12.5. The van der Waals surface area contributed by atoms with Gasteiger partial charge in [-0.25, -0.2) is 14.5 Å². The molecule has 4 aromatic rings. The first kappa shape index (κ1) is 30.7. The predicted octanol–water partition coefficient (Wildman–Crippen LogP) is 7.71. The van der Waals surface area contributed by atoms with E-state index in [0.717, 1.165) is 48.0 Å². The summed E-state index contributed by atoms with van der Waals surface area (Å²) in [5.41, 5.74) is 7.30. The topological polar surface area (TPSA) is 84.6 Å². The van der Waals surface area contributed by atoms with Gasteiger partial charge in [-0.1, -0.05) is 53.7 Å². The van der Waals surface area contributed by atoms with E-state index in [1.165, 1.54) is 57.5 Å². The average molecular weight is 635 g/mol. The zero-order valence-corrected chi connectivity index (χ0v) is 26.0. The van der Waals surface area contributed by atoms with Crippen LogP contribution in [0.25, 0.3) is 17.1 Å². The van der Waals surface area contributed by atoms with Gasteiger partial charge in [0.15, 0.2) is 11.0 Å². The average Bonchev–Trinajstić information content (AvgIpc) is 3.75. The number of hydrogen-bond acceptors (Lipinski definition) is 5. The van der Waals surface area contributed by atoms with Crippen molar-refractivity contribution in [1.29, 1.82) is 0 Å². The number of urea groups is 1. The van der Waals surface area contributed by atoms with Crippen molar-refractivity contribution in [2.24, 2.45) is 4.99 Å². The zero-order valence-electron chi connectivity index (χ0n) is 25.1. The molecule has 0 spiro atoms. The molecule has 234 valence electrons. The Kier molecular flexibility index (Phi) is 8.59. The lowest BCUT2D eigenvalue weighted by molar-refractivity contribution is -0.274. The summed E-state index contributed by atoms with van der Waals surface area (Å²) in [5.74, 6) is 1.41. The van der Waals surface area contributed by atoms with E-state index >= 15 is 0 Å². The van der Waals surface area contributed by atoms with Crippen LogP contribution >= 0.6 is 11.8 Å². The van der Waals surface area contributed by atoms with Crippen molar-refractivity contribution >= 4 is 28.6 Å². The molecule has 1 aliphatic carbocycles. The number of ether oxygens (including phenoxy) is 1. The molecule has 3 aromatic carbocycles.